The zero-order valence-electron chi connectivity index (χ0n) is 14.5. The van der Waals surface area contributed by atoms with E-state index in [1.54, 1.807) is 18.2 Å². The van der Waals surface area contributed by atoms with E-state index in [-0.39, 0.29) is 10.6 Å². The smallest absolute Gasteiger partial charge is 0.312 e. The highest BCUT2D eigenvalue weighted by Crippen LogP contribution is 2.54. The van der Waals surface area contributed by atoms with Crippen LogP contribution in [-0.2, 0) is 9.59 Å². The number of fused-ring (bicyclic) bond motifs is 1. The summed E-state index contributed by atoms with van der Waals surface area (Å²) in [7, 11) is 2.94. The van der Waals surface area contributed by atoms with Crippen LogP contribution >= 0.6 is 23.1 Å². The second-order valence-electron chi connectivity index (χ2n) is 6.08. The molecule has 1 aromatic heterocycles. The van der Waals surface area contributed by atoms with E-state index in [2.05, 4.69) is 4.98 Å². The lowest BCUT2D eigenvalue weighted by molar-refractivity contribution is -0.155. The molecule has 2 aromatic rings. The molecule has 27 heavy (non-hydrogen) atoms. The van der Waals surface area contributed by atoms with Gasteiger partial charge in [0.05, 0.1) is 31.1 Å². The number of hydrogen-bond donors (Lipinski definition) is 3. The quantitative estimate of drug-likeness (QED) is 0.661. The highest BCUT2D eigenvalue weighted by molar-refractivity contribution is 7.99. The van der Waals surface area contributed by atoms with Crippen molar-refractivity contribution < 1.29 is 29.3 Å². The number of nitrogens with one attached hydrogen (secondary N) is 1. The molecule has 1 aromatic carbocycles. The van der Waals surface area contributed by atoms with Gasteiger partial charge < -0.3 is 24.7 Å². The normalized spacial score (nSPS) is 21.3. The molecular weight excluding hydrogens is 394 g/mol. The summed E-state index contributed by atoms with van der Waals surface area (Å²) in [4.78, 5) is 38.6. The number of ether oxygens (including phenoxy) is 2. The maximum absolute atomic E-state index is 12.3. The highest BCUT2D eigenvalue weighted by atomic mass is 32.2. The number of thiazole rings is 1. The molecule has 0 fully saturated rings. The number of aliphatic carboxylic acids is 2. The van der Waals surface area contributed by atoms with Crippen molar-refractivity contribution in [2.24, 2.45) is 5.41 Å². The third-order valence-electron chi connectivity index (χ3n) is 4.56. The Balaban J connectivity index is 2.26. The Morgan fingerprint density at radius 1 is 1.26 bits per heavy atom. The van der Waals surface area contributed by atoms with Gasteiger partial charge in [0.1, 0.15) is 0 Å². The van der Waals surface area contributed by atoms with Crippen LogP contribution in [-0.4, -0.2) is 47.1 Å². The van der Waals surface area contributed by atoms with Crippen LogP contribution in [0.25, 0.3) is 0 Å². The number of aromatic nitrogens is 1. The number of carboxylic acid groups (broad SMARTS) is 2. The number of carboxylic acids is 2. The zero-order valence-corrected chi connectivity index (χ0v) is 16.1. The molecular formula is C17H17NO7S2. The van der Waals surface area contributed by atoms with Gasteiger partial charge in [0.2, 0.25) is 0 Å². The van der Waals surface area contributed by atoms with Gasteiger partial charge in [-0.05, 0) is 17.7 Å². The van der Waals surface area contributed by atoms with Crippen molar-refractivity contribution >= 4 is 35.0 Å². The van der Waals surface area contributed by atoms with E-state index >= 15 is 0 Å². The minimum atomic E-state index is -1.60. The molecule has 0 bridgehead atoms. The fourth-order valence-corrected chi connectivity index (χ4v) is 5.91. The van der Waals surface area contributed by atoms with Gasteiger partial charge in [-0.15, -0.1) is 11.8 Å². The van der Waals surface area contributed by atoms with E-state index in [0.717, 1.165) is 23.1 Å². The predicted octanol–water partition coefficient (Wildman–Crippen LogP) is 2.24. The molecule has 0 spiro atoms. The van der Waals surface area contributed by atoms with Crippen molar-refractivity contribution in [1.29, 1.82) is 0 Å². The van der Waals surface area contributed by atoms with Gasteiger partial charge in [-0.2, -0.15) is 0 Å². The van der Waals surface area contributed by atoms with E-state index in [4.69, 9.17) is 9.47 Å². The first kappa shape index (κ1) is 19.3. The Bertz CT molecular complexity index is 951. The van der Waals surface area contributed by atoms with E-state index in [9.17, 15) is 24.6 Å². The summed E-state index contributed by atoms with van der Waals surface area (Å²) in [6, 6.07) is 4.95. The molecule has 2 atom stereocenters. The Morgan fingerprint density at radius 2 is 1.96 bits per heavy atom. The van der Waals surface area contributed by atoms with Gasteiger partial charge in [0, 0.05) is 16.5 Å². The third-order valence-corrected chi connectivity index (χ3v) is 6.91. The average molecular weight is 411 g/mol. The van der Waals surface area contributed by atoms with E-state index in [1.165, 1.54) is 14.2 Å². The average Bonchev–Trinajstić information content (AvgIpc) is 3.00. The number of thioether (sulfide) groups is 1. The Hall–Kier alpha value is -2.46. The van der Waals surface area contributed by atoms with Crippen LogP contribution in [0.4, 0.5) is 0 Å². The largest absolute Gasteiger partial charge is 0.493 e. The number of hydrogen-bond acceptors (Lipinski definition) is 7. The standard InChI is InChI=1S/C17H17NO7S2/c1-24-9-4-3-8(5-10(9)25-2)12-13-14(18-16(23)27-13)26-7-17(12,15(21)22)6-11(19)20/h3-5,12H,6-7H2,1-2H3,(H,18,23)(H,19,20)(H,21,22). The fraction of sp³-hybridized carbons (Fsp3) is 0.353. The second-order valence-corrected chi connectivity index (χ2v) is 8.08. The van der Waals surface area contributed by atoms with Crippen molar-refractivity contribution in [3.05, 3.63) is 38.3 Å². The van der Waals surface area contributed by atoms with Crippen LogP contribution in [0.1, 0.15) is 22.8 Å². The summed E-state index contributed by atoms with van der Waals surface area (Å²) in [5.41, 5.74) is -1.05. The van der Waals surface area contributed by atoms with E-state index in [1.807, 2.05) is 0 Å². The maximum Gasteiger partial charge on any atom is 0.312 e. The summed E-state index contributed by atoms with van der Waals surface area (Å²) in [6.45, 7) is 0. The summed E-state index contributed by atoms with van der Waals surface area (Å²) in [5.74, 6) is -2.36. The van der Waals surface area contributed by atoms with Crippen LogP contribution in [0, 0.1) is 5.41 Å². The van der Waals surface area contributed by atoms with Crippen molar-refractivity contribution in [2.75, 3.05) is 20.0 Å². The van der Waals surface area contributed by atoms with Gasteiger partial charge in [-0.3, -0.25) is 14.4 Å². The molecule has 1 aliphatic heterocycles. The van der Waals surface area contributed by atoms with Crippen molar-refractivity contribution in [3.8, 4) is 11.5 Å². The van der Waals surface area contributed by atoms with Gasteiger partial charge in [-0.25, -0.2) is 0 Å². The van der Waals surface area contributed by atoms with Crippen LogP contribution in [0.2, 0.25) is 0 Å². The van der Waals surface area contributed by atoms with E-state index in [0.29, 0.717) is 27.0 Å². The number of rotatable bonds is 6. The van der Waals surface area contributed by atoms with Gasteiger partial charge in [0.15, 0.2) is 11.5 Å². The van der Waals surface area contributed by atoms with Gasteiger partial charge in [-0.1, -0.05) is 17.4 Å². The number of H-pyrrole nitrogens is 1. The van der Waals surface area contributed by atoms with Crippen LogP contribution in [0.15, 0.2) is 28.0 Å². The van der Waals surface area contributed by atoms with Gasteiger partial charge in [0.25, 0.3) is 0 Å². The maximum atomic E-state index is 12.3. The number of benzene rings is 1. The summed E-state index contributed by atoms with van der Waals surface area (Å²) in [6.07, 6.45) is -0.570. The summed E-state index contributed by atoms with van der Waals surface area (Å²) < 4.78 is 10.5. The molecule has 144 valence electrons. The molecule has 0 radical (unpaired) electrons. The van der Waals surface area contributed by atoms with Crippen molar-refractivity contribution in [3.63, 3.8) is 0 Å². The van der Waals surface area contributed by atoms with Crippen molar-refractivity contribution in [1.82, 2.24) is 4.98 Å². The first-order chi connectivity index (χ1) is 12.8. The number of aromatic amines is 1. The lowest BCUT2D eigenvalue weighted by Crippen LogP contribution is -2.44. The Morgan fingerprint density at radius 3 is 2.56 bits per heavy atom. The topological polar surface area (TPSA) is 126 Å². The Labute approximate surface area is 162 Å². The number of carbonyl (C=O) groups is 2. The van der Waals surface area contributed by atoms with Crippen LogP contribution in [0.5, 0.6) is 11.5 Å². The first-order valence-corrected chi connectivity index (χ1v) is 9.65. The lowest BCUT2D eigenvalue weighted by Gasteiger charge is -2.39. The van der Waals surface area contributed by atoms with E-state index < -0.39 is 29.7 Å². The summed E-state index contributed by atoms with van der Waals surface area (Å²) >= 11 is 2.06. The van der Waals surface area contributed by atoms with Crippen LogP contribution in [0.3, 0.4) is 0 Å². The van der Waals surface area contributed by atoms with Crippen LogP contribution < -0.4 is 14.3 Å². The molecule has 2 unspecified atom stereocenters. The predicted molar refractivity (Wildman–Crippen MR) is 99.4 cm³/mol. The SMILES string of the molecule is COc1ccc(C2c3sc(=O)[nH]c3SCC2(CC(=O)O)C(=O)O)cc1OC. The molecule has 3 N–H and O–H groups in total. The Kier molecular flexibility index (Phi) is 5.20. The molecule has 1 aliphatic rings. The monoisotopic (exact) mass is 411 g/mol. The molecule has 0 amide bonds. The molecule has 2 heterocycles. The third kappa shape index (κ3) is 3.30. The molecule has 10 heteroatoms. The fourth-order valence-electron chi connectivity index (χ4n) is 3.35. The molecule has 0 saturated heterocycles. The minimum absolute atomic E-state index is 0.0211. The first-order valence-electron chi connectivity index (χ1n) is 7.85. The highest BCUT2D eigenvalue weighted by Gasteiger charge is 2.53. The zero-order chi connectivity index (χ0) is 19.8. The van der Waals surface area contributed by atoms with Crippen molar-refractivity contribution in [2.45, 2.75) is 17.4 Å². The summed E-state index contributed by atoms with van der Waals surface area (Å²) in [5, 5.41) is 20.0. The molecule has 8 nitrogen and oxygen atoms in total. The molecule has 0 aliphatic carbocycles. The molecule has 3 rings (SSSR count). The van der Waals surface area contributed by atoms with Gasteiger partial charge >= 0.3 is 16.8 Å². The molecule has 0 saturated carbocycles. The number of methoxy groups -OCH3 is 2. The lowest BCUT2D eigenvalue weighted by atomic mass is 9.70. The second kappa shape index (κ2) is 7.28. The minimum Gasteiger partial charge on any atom is -0.493 e.